The molecule has 0 aliphatic carbocycles. The van der Waals surface area contributed by atoms with Crippen LogP contribution < -0.4 is 5.32 Å². The van der Waals surface area contributed by atoms with Crippen LogP contribution in [0.3, 0.4) is 0 Å². The molecule has 2 aromatic rings. The van der Waals surface area contributed by atoms with Gasteiger partial charge in [0.1, 0.15) is 6.10 Å². The third-order valence-corrected chi connectivity index (χ3v) is 2.66. The van der Waals surface area contributed by atoms with Gasteiger partial charge in [0.2, 0.25) is 5.91 Å². The second kappa shape index (κ2) is 5.47. The van der Waals surface area contributed by atoms with Gasteiger partial charge in [-0.05, 0) is 23.3 Å². The van der Waals surface area contributed by atoms with E-state index in [0.717, 1.165) is 16.8 Å². The van der Waals surface area contributed by atoms with E-state index < -0.39 is 6.10 Å². The summed E-state index contributed by atoms with van der Waals surface area (Å²) in [5.41, 5.74) is 2.38. The number of benzene rings is 2. The van der Waals surface area contributed by atoms with Crippen molar-refractivity contribution in [2.45, 2.75) is 13.0 Å². The smallest absolute Gasteiger partial charge is 0.221 e. The average Bonchev–Trinajstić information content (AvgIpc) is 2.39. The van der Waals surface area contributed by atoms with Gasteiger partial charge < -0.3 is 10.4 Å². The highest BCUT2D eigenvalue weighted by Crippen LogP contribution is 2.22. The summed E-state index contributed by atoms with van der Waals surface area (Å²) in [6.45, 7) is 1.47. The maximum atomic E-state index is 10.9. The predicted octanol–water partition coefficient (Wildman–Crippen LogP) is 2.73. The van der Waals surface area contributed by atoms with E-state index in [4.69, 9.17) is 0 Å². The number of rotatable bonds is 3. The van der Waals surface area contributed by atoms with Crippen LogP contribution in [0.25, 0.3) is 0 Å². The molecule has 3 heteroatoms. The van der Waals surface area contributed by atoms with Gasteiger partial charge in [0, 0.05) is 12.6 Å². The Balaban J connectivity index is 2.17. The summed E-state index contributed by atoms with van der Waals surface area (Å²) >= 11 is 0. The highest BCUT2D eigenvalue weighted by Gasteiger charge is 2.09. The van der Waals surface area contributed by atoms with E-state index in [9.17, 15) is 9.90 Å². The Hall–Kier alpha value is -2.13. The minimum atomic E-state index is -0.641. The summed E-state index contributed by atoms with van der Waals surface area (Å²) in [5, 5.41) is 12.9. The predicted molar refractivity (Wildman–Crippen MR) is 71.2 cm³/mol. The molecule has 3 nitrogen and oxygen atoms in total. The molecule has 2 rings (SSSR count). The van der Waals surface area contributed by atoms with Crippen LogP contribution in [0.4, 0.5) is 5.69 Å². The van der Waals surface area contributed by atoms with Crippen LogP contribution in [0.15, 0.2) is 54.6 Å². The standard InChI is InChI=1S/C15H15NO2/c1-11(17)16-14-9-7-13(8-10-14)15(18)12-5-3-2-4-6-12/h2-10,15,18H,1H3,(H,16,17)/t15-/m0/s1. The highest BCUT2D eigenvalue weighted by atomic mass is 16.3. The van der Waals surface area contributed by atoms with Crippen LogP contribution in [0, 0.1) is 0 Å². The van der Waals surface area contributed by atoms with Crippen molar-refractivity contribution in [2.24, 2.45) is 0 Å². The zero-order valence-corrected chi connectivity index (χ0v) is 10.1. The molecule has 92 valence electrons. The summed E-state index contributed by atoms with van der Waals surface area (Å²) < 4.78 is 0. The van der Waals surface area contributed by atoms with Gasteiger partial charge in [0.15, 0.2) is 0 Å². The van der Waals surface area contributed by atoms with Crippen molar-refractivity contribution in [3.8, 4) is 0 Å². The van der Waals surface area contributed by atoms with Crippen LogP contribution in [0.2, 0.25) is 0 Å². The van der Waals surface area contributed by atoms with Crippen molar-refractivity contribution in [3.05, 3.63) is 65.7 Å². The number of hydrogen-bond acceptors (Lipinski definition) is 2. The van der Waals surface area contributed by atoms with Crippen molar-refractivity contribution >= 4 is 11.6 Å². The second-order valence-corrected chi connectivity index (χ2v) is 4.12. The van der Waals surface area contributed by atoms with Crippen LogP contribution in [0.1, 0.15) is 24.2 Å². The Morgan fingerprint density at radius 3 is 2.11 bits per heavy atom. The molecule has 0 bridgehead atoms. The molecule has 2 N–H and O–H groups in total. The summed E-state index contributed by atoms with van der Waals surface area (Å²) in [6, 6.07) is 16.6. The lowest BCUT2D eigenvalue weighted by Crippen LogP contribution is -2.06. The van der Waals surface area contributed by atoms with Crippen molar-refractivity contribution < 1.29 is 9.90 Å². The van der Waals surface area contributed by atoms with Gasteiger partial charge in [0.05, 0.1) is 0 Å². The van der Waals surface area contributed by atoms with Crippen molar-refractivity contribution in [1.82, 2.24) is 0 Å². The number of amides is 1. The number of aliphatic hydroxyl groups is 1. The lowest BCUT2D eigenvalue weighted by Gasteiger charge is -2.12. The molecule has 0 spiro atoms. The lowest BCUT2D eigenvalue weighted by atomic mass is 10.0. The van der Waals surface area contributed by atoms with Crippen LogP contribution in [0.5, 0.6) is 0 Å². The molecule has 0 saturated heterocycles. The number of nitrogens with one attached hydrogen (secondary N) is 1. The van der Waals surface area contributed by atoms with E-state index in [-0.39, 0.29) is 5.91 Å². The van der Waals surface area contributed by atoms with Gasteiger partial charge in [-0.25, -0.2) is 0 Å². The van der Waals surface area contributed by atoms with E-state index in [1.165, 1.54) is 6.92 Å². The summed E-state index contributed by atoms with van der Waals surface area (Å²) in [5.74, 6) is -0.105. The van der Waals surface area contributed by atoms with Gasteiger partial charge in [-0.1, -0.05) is 42.5 Å². The molecule has 1 amide bonds. The molecule has 0 aromatic heterocycles. The zero-order valence-electron chi connectivity index (χ0n) is 10.1. The highest BCUT2D eigenvalue weighted by molar-refractivity contribution is 5.88. The van der Waals surface area contributed by atoms with E-state index >= 15 is 0 Å². The maximum absolute atomic E-state index is 10.9. The monoisotopic (exact) mass is 241 g/mol. The first-order chi connectivity index (χ1) is 8.66. The molecule has 0 aliphatic rings. The summed E-state index contributed by atoms with van der Waals surface area (Å²) in [7, 11) is 0. The molecule has 0 aliphatic heterocycles. The van der Waals surface area contributed by atoms with Crippen molar-refractivity contribution in [3.63, 3.8) is 0 Å². The van der Waals surface area contributed by atoms with Crippen LogP contribution in [-0.4, -0.2) is 11.0 Å². The Labute approximate surface area is 106 Å². The lowest BCUT2D eigenvalue weighted by molar-refractivity contribution is -0.114. The van der Waals surface area contributed by atoms with E-state index in [1.54, 1.807) is 12.1 Å². The fourth-order valence-corrected chi connectivity index (χ4v) is 1.78. The van der Waals surface area contributed by atoms with Crippen molar-refractivity contribution in [1.29, 1.82) is 0 Å². The minimum absolute atomic E-state index is 0.105. The number of carbonyl (C=O) groups is 1. The van der Waals surface area contributed by atoms with Crippen molar-refractivity contribution in [2.75, 3.05) is 5.32 Å². The third kappa shape index (κ3) is 2.96. The number of aliphatic hydroxyl groups excluding tert-OH is 1. The van der Waals surface area contributed by atoms with Gasteiger partial charge in [-0.3, -0.25) is 4.79 Å². The number of anilines is 1. The first-order valence-electron chi connectivity index (χ1n) is 5.77. The summed E-state index contributed by atoms with van der Waals surface area (Å²) in [4.78, 5) is 10.9. The molecule has 0 heterocycles. The van der Waals surface area contributed by atoms with E-state index in [0.29, 0.717) is 0 Å². The second-order valence-electron chi connectivity index (χ2n) is 4.12. The zero-order chi connectivity index (χ0) is 13.0. The summed E-state index contributed by atoms with van der Waals surface area (Å²) in [6.07, 6.45) is -0.641. The normalized spacial score (nSPS) is 11.9. The quantitative estimate of drug-likeness (QED) is 0.868. The fourth-order valence-electron chi connectivity index (χ4n) is 1.78. The van der Waals surface area contributed by atoms with Crippen LogP contribution >= 0.6 is 0 Å². The third-order valence-electron chi connectivity index (χ3n) is 2.66. The Morgan fingerprint density at radius 1 is 1.00 bits per heavy atom. The fraction of sp³-hybridized carbons (Fsp3) is 0.133. The van der Waals surface area contributed by atoms with E-state index in [1.807, 2.05) is 42.5 Å². The van der Waals surface area contributed by atoms with Gasteiger partial charge in [-0.15, -0.1) is 0 Å². The molecule has 0 saturated carbocycles. The molecule has 0 fully saturated rings. The molecule has 0 unspecified atom stereocenters. The SMILES string of the molecule is CC(=O)Nc1ccc([C@@H](O)c2ccccc2)cc1. The Bertz CT molecular complexity index is 520. The largest absolute Gasteiger partial charge is 0.384 e. The molecule has 2 aromatic carbocycles. The molecular formula is C15H15NO2. The molecule has 0 radical (unpaired) electrons. The molecule has 1 atom stereocenters. The molecular weight excluding hydrogens is 226 g/mol. The van der Waals surface area contributed by atoms with Gasteiger partial charge >= 0.3 is 0 Å². The Kier molecular flexibility index (Phi) is 3.75. The molecule has 18 heavy (non-hydrogen) atoms. The average molecular weight is 241 g/mol. The van der Waals surface area contributed by atoms with E-state index in [2.05, 4.69) is 5.32 Å². The van der Waals surface area contributed by atoms with Crippen LogP contribution in [-0.2, 0) is 4.79 Å². The minimum Gasteiger partial charge on any atom is -0.384 e. The van der Waals surface area contributed by atoms with Gasteiger partial charge in [0.25, 0.3) is 0 Å². The number of carbonyl (C=O) groups excluding carboxylic acids is 1. The first-order valence-corrected chi connectivity index (χ1v) is 5.77. The number of hydrogen-bond donors (Lipinski definition) is 2. The van der Waals surface area contributed by atoms with Gasteiger partial charge in [-0.2, -0.15) is 0 Å². The topological polar surface area (TPSA) is 49.3 Å². The Morgan fingerprint density at radius 2 is 1.56 bits per heavy atom. The maximum Gasteiger partial charge on any atom is 0.221 e. The first kappa shape index (κ1) is 12.3.